The van der Waals surface area contributed by atoms with E-state index >= 15 is 0 Å². The van der Waals surface area contributed by atoms with Gasteiger partial charge in [0.2, 0.25) is 5.91 Å². The lowest BCUT2D eigenvalue weighted by molar-refractivity contribution is -0.122. The molecular weight excluding hydrogens is 343 g/mol. The topological polar surface area (TPSA) is 23.6 Å². The zero-order valence-corrected chi connectivity index (χ0v) is 16.1. The van der Waals surface area contributed by atoms with Crippen LogP contribution in [-0.2, 0) is 4.79 Å². The predicted molar refractivity (Wildman–Crippen MR) is 103 cm³/mol. The van der Waals surface area contributed by atoms with E-state index in [0.29, 0.717) is 6.04 Å². The van der Waals surface area contributed by atoms with Crippen LogP contribution in [0.4, 0.5) is 5.69 Å². The number of rotatable bonds is 6. The number of carbonyl (C=O) groups is 1. The van der Waals surface area contributed by atoms with Crippen molar-refractivity contribution in [2.45, 2.75) is 44.2 Å². The second-order valence-electron chi connectivity index (χ2n) is 6.79. The lowest BCUT2D eigenvalue weighted by atomic mass is 9.97. The number of halogens is 2. The summed E-state index contributed by atoms with van der Waals surface area (Å²) >= 11 is 12.0. The number of para-hydroxylation sites is 1. The van der Waals surface area contributed by atoms with Crippen LogP contribution in [0.25, 0.3) is 0 Å². The van der Waals surface area contributed by atoms with Crippen LogP contribution >= 0.6 is 23.2 Å². The maximum absolute atomic E-state index is 13.2. The zero-order chi connectivity index (χ0) is 17.5. The Hall–Kier alpha value is -0.770. The number of amides is 1. The molecule has 3 nitrogen and oxygen atoms in total. The zero-order valence-electron chi connectivity index (χ0n) is 14.6. The Bertz CT molecular complexity index is 505. The lowest BCUT2D eigenvalue weighted by Crippen LogP contribution is -2.53. The van der Waals surface area contributed by atoms with Crippen molar-refractivity contribution < 1.29 is 4.79 Å². The van der Waals surface area contributed by atoms with Crippen molar-refractivity contribution >= 4 is 34.8 Å². The van der Waals surface area contributed by atoms with Crippen molar-refractivity contribution in [2.24, 2.45) is 5.92 Å². The van der Waals surface area contributed by atoms with Crippen molar-refractivity contribution in [1.29, 1.82) is 0 Å². The molecule has 0 saturated heterocycles. The van der Waals surface area contributed by atoms with Crippen molar-refractivity contribution in [3.8, 4) is 0 Å². The maximum Gasteiger partial charge on any atom is 0.232 e. The van der Waals surface area contributed by atoms with Crippen LogP contribution in [0.5, 0.6) is 0 Å². The molecule has 1 aromatic carbocycles. The predicted octanol–water partition coefficient (Wildman–Crippen LogP) is 4.38. The summed E-state index contributed by atoms with van der Waals surface area (Å²) in [6.07, 6.45) is 5.72. The second-order valence-corrected chi connectivity index (χ2v) is 7.40. The minimum Gasteiger partial charge on any atom is -0.307 e. The van der Waals surface area contributed by atoms with E-state index in [-0.39, 0.29) is 29.6 Å². The van der Waals surface area contributed by atoms with Gasteiger partial charge in [0, 0.05) is 23.5 Å². The van der Waals surface area contributed by atoms with E-state index < -0.39 is 0 Å². The summed E-state index contributed by atoms with van der Waals surface area (Å²) in [6, 6.07) is 10.5. The monoisotopic (exact) mass is 370 g/mol. The second kappa shape index (κ2) is 9.65. The number of benzene rings is 1. The number of likely N-dealkylation sites (N-methyl/N-ethyl adjacent to an activating group) is 1. The van der Waals surface area contributed by atoms with E-state index in [1.54, 1.807) is 0 Å². The standard InChI is InChI=1S/C19H28Cl2N2O/c1-22(2)17-11-7-4-8-12-18(17)23(16-9-5-3-6-10-16)19(24)15(13-20)14-21/h3,5-6,9-10,15,17-18H,4,7-8,11-14H2,1-2H3. The molecule has 1 aromatic rings. The average molecular weight is 371 g/mol. The van der Waals surface area contributed by atoms with Gasteiger partial charge in [-0.05, 0) is 39.1 Å². The van der Waals surface area contributed by atoms with Gasteiger partial charge in [-0.1, -0.05) is 37.5 Å². The van der Waals surface area contributed by atoms with Gasteiger partial charge < -0.3 is 9.80 Å². The quantitative estimate of drug-likeness (QED) is 0.547. The number of hydrogen-bond donors (Lipinski definition) is 0. The molecule has 0 heterocycles. The van der Waals surface area contributed by atoms with Gasteiger partial charge >= 0.3 is 0 Å². The highest BCUT2D eigenvalue weighted by Crippen LogP contribution is 2.30. The molecule has 2 atom stereocenters. The van der Waals surface area contributed by atoms with E-state index in [2.05, 4.69) is 19.0 Å². The number of anilines is 1. The molecule has 0 aliphatic heterocycles. The Balaban J connectivity index is 2.41. The van der Waals surface area contributed by atoms with E-state index in [0.717, 1.165) is 24.9 Å². The molecule has 2 unspecified atom stereocenters. The Kier molecular flexibility index (Phi) is 7.86. The van der Waals surface area contributed by atoms with Gasteiger partial charge in [0.15, 0.2) is 0 Å². The van der Waals surface area contributed by atoms with Crippen LogP contribution in [0.2, 0.25) is 0 Å². The smallest absolute Gasteiger partial charge is 0.232 e. The molecule has 0 spiro atoms. The third kappa shape index (κ3) is 4.65. The van der Waals surface area contributed by atoms with Gasteiger partial charge in [-0.2, -0.15) is 0 Å². The third-order valence-electron chi connectivity index (χ3n) is 4.93. The minimum atomic E-state index is -0.348. The van der Waals surface area contributed by atoms with E-state index in [4.69, 9.17) is 23.2 Å². The molecule has 1 amide bonds. The number of hydrogen-bond acceptors (Lipinski definition) is 2. The lowest BCUT2D eigenvalue weighted by Gasteiger charge is -2.40. The van der Waals surface area contributed by atoms with Crippen LogP contribution in [0, 0.1) is 5.92 Å². The highest BCUT2D eigenvalue weighted by Gasteiger charge is 2.36. The summed E-state index contributed by atoms with van der Waals surface area (Å²) in [7, 11) is 4.22. The van der Waals surface area contributed by atoms with Gasteiger partial charge in [-0.3, -0.25) is 4.79 Å². The highest BCUT2D eigenvalue weighted by molar-refractivity contribution is 6.23. The molecule has 1 saturated carbocycles. The summed E-state index contributed by atoms with van der Waals surface area (Å²) in [4.78, 5) is 17.5. The first kappa shape index (κ1) is 19.6. The summed E-state index contributed by atoms with van der Waals surface area (Å²) in [6.45, 7) is 0. The molecule has 1 aliphatic carbocycles. The molecule has 24 heavy (non-hydrogen) atoms. The average Bonchev–Trinajstić information content (AvgIpc) is 2.83. The summed E-state index contributed by atoms with van der Waals surface area (Å²) in [5.74, 6) is 0.209. The molecule has 134 valence electrons. The number of nitrogens with zero attached hydrogens (tertiary/aromatic N) is 2. The SMILES string of the molecule is CN(C)C1CCCCCC1N(C(=O)C(CCl)CCl)c1ccccc1. The van der Waals surface area contributed by atoms with Crippen LogP contribution in [0.15, 0.2) is 30.3 Å². The van der Waals surface area contributed by atoms with Crippen LogP contribution in [0.1, 0.15) is 32.1 Å². The highest BCUT2D eigenvalue weighted by atomic mass is 35.5. The van der Waals surface area contributed by atoms with Gasteiger partial charge in [-0.15, -0.1) is 23.2 Å². The number of carbonyl (C=O) groups excluding carboxylic acids is 1. The Labute approximate surface area is 155 Å². The molecule has 0 bridgehead atoms. The molecule has 1 fully saturated rings. The first-order valence-electron chi connectivity index (χ1n) is 8.76. The van der Waals surface area contributed by atoms with Crippen molar-refractivity contribution in [1.82, 2.24) is 4.90 Å². The Morgan fingerprint density at radius 2 is 1.62 bits per heavy atom. The molecular formula is C19H28Cl2N2O. The van der Waals surface area contributed by atoms with Crippen molar-refractivity contribution in [3.05, 3.63) is 30.3 Å². The molecule has 0 N–H and O–H groups in total. The fraction of sp³-hybridized carbons (Fsp3) is 0.632. The summed E-state index contributed by atoms with van der Waals surface area (Å²) < 4.78 is 0. The fourth-order valence-electron chi connectivity index (χ4n) is 3.61. The van der Waals surface area contributed by atoms with Gasteiger partial charge in [-0.25, -0.2) is 0 Å². The van der Waals surface area contributed by atoms with Gasteiger partial charge in [0.25, 0.3) is 0 Å². The first-order chi connectivity index (χ1) is 11.6. The first-order valence-corrected chi connectivity index (χ1v) is 9.83. The normalized spacial score (nSPS) is 21.8. The van der Waals surface area contributed by atoms with E-state index in [1.807, 2.05) is 35.2 Å². The van der Waals surface area contributed by atoms with Crippen molar-refractivity contribution in [2.75, 3.05) is 30.8 Å². The Morgan fingerprint density at radius 3 is 2.17 bits per heavy atom. The largest absolute Gasteiger partial charge is 0.307 e. The van der Waals surface area contributed by atoms with Gasteiger partial charge in [0.1, 0.15) is 0 Å². The van der Waals surface area contributed by atoms with E-state index in [9.17, 15) is 4.79 Å². The molecule has 0 radical (unpaired) electrons. The molecule has 0 aromatic heterocycles. The molecule has 5 heteroatoms. The number of alkyl halides is 2. The maximum atomic E-state index is 13.2. The van der Waals surface area contributed by atoms with Gasteiger partial charge in [0.05, 0.1) is 12.0 Å². The van der Waals surface area contributed by atoms with E-state index in [1.165, 1.54) is 12.8 Å². The fourth-order valence-corrected chi connectivity index (χ4v) is 4.21. The third-order valence-corrected chi connectivity index (χ3v) is 5.68. The molecule has 2 rings (SSSR count). The van der Waals surface area contributed by atoms with Crippen LogP contribution in [0.3, 0.4) is 0 Å². The Morgan fingerprint density at radius 1 is 1.04 bits per heavy atom. The van der Waals surface area contributed by atoms with Crippen molar-refractivity contribution in [3.63, 3.8) is 0 Å². The van der Waals surface area contributed by atoms with Crippen LogP contribution in [-0.4, -0.2) is 48.7 Å². The molecule has 1 aliphatic rings. The van der Waals surface area contributed by atoms with Crippen LogP contribution < -0.4 is 4.90 Å². The summed E-state index contributed by atoms with van der Waals surface area (Å²) in [5, 5.41) is 0. The summed E-state index contributed by atoms with van der Waals surface area (Å²) in [5.41, 5.74) is 0.946. The minimum absolute atomic E-state index is 0.0463.